The molecule has 11 nitrogen and oxygen atoms in total. The molecule has 0 bridgehead atoms. The van der Waals surface area contributed by atoms with Crippen LogP contribution >= 0.6 is 0 Å². The van der Waals surface area contributed by atoms with Crippen molar-refractivity contribution in [3.05, 3.63) is 100 Å². The first-order valence-corrected chi connectivity index (χ1v) is 14.1. The average molecular weight is 615 g/mol. The molecule has 4 aromatic carbocycles. The molecule has 0 aliphatic carbocycles. The number of fused-ring (bicyclic) bond motifs is 2. The molecule has 0 spiro atoms. The van der Waals surface area contributed by atoms with Gasteiger partial charge in [0, 0.05) is 5.56 Å². The second kappa shape index (κ2) is 11.6. The van der Waals surface area contributed by atoms with Crippen molar-refractivity contribution in [3.8, 4) is 40.2 Å². The zero-order chi connectivity index (χ0) is 32.0. The van der Waals surface area contributed by atoms with Crippen LogP contribution in [-0.2, 0) is 4.74 Å². The Morgan fingerprint density at radius 1 is 0.756 bits per heavy atom. The fourth-order valence-corrected chi connectivity index (χ4v) is 5.47. The molecule has 4 aromatic rings. The Balaban J connectivity index is 1.31. The zero-order valence-electron chi connectivity index (χ0n) is 24.5. The van der Waals surface area contributed by atoms with E-state index in [4.69, 9.17) is 23.7 Å². The lowest BCUT2D eigenvalue weighted by molar-refractivity contribution is -0.0260. The Morgan fingerprint density at radius 3 is 2.22 bits per heavy atom. The summed E-state index contributed by atoms with van der Waals surface area (Å²) in [6.07, 6.45) is -4.45. The normalized spacial score (nSPS) is 20.1. The van der Waals surface area contributed by atoms with Gasteiger partial charge in [0.25, 0.3) is 0 Å². The Bertz CT molecular complexity index is 1810. The Hall–Kier alpha value is -5.42. The molecule has 2 unspecified atom stereocenters. The number of phenolic OH excluding ortho intramolecular Hbond substituents is 3. The second-order valence-electron chi connectivity index (χ2n) is 11.0. The van der Waals surface area contributed by atoms with E-state index in [1.54, 1.807) is 56.3 Å². The minimum absolute atomic E-state index is 0.00380. The highest BCUT2D eigenvalue weighted by atomic mass is 16.6. The van der Waals surface area contributed by atoms with Crippen LogP contribution in [0.25, 0.3) is 0 Å². The number of ether oxygens (including phenoxy) is 5. The van der Waals surface area contributed by atoms with Crippen molar-refractivity contribution in [2.75, 3.05) is 13.7 Å². The summed E-state index contributed by atoms with van der Waals surface area (Å²) in [5.41, 5.74) is 2.30. The molecule has 232 valence electrons. The molecule has 2 heterocycles. The lowest BCUT2D eigenvalue weighted by Crippen LogP contribution is -2.38. The third-order valence-electron chi connectivity index (χ3n) is 7.73. The number of carbonyl (C=O) groups excluding carboxylic acids is 2. The predicted octanol–water partition coefficient (Wildman–Crippen LogP) is 4.84. The highest BCUT2D eigenvalue weighted by Crippen LogP contribution is 2.45. The first kappa shape index (κ1) is 29.6. The zero-order valence-corrected chi connectivity index (χ0v) is 24.5. The Labute approximate surface area is 257 Å². The second-order valence-corrected chi connectivity index (χ2v) is 11.0. The summed E-state index contributed by atoms with van der Waals surface area (Å²) in [6.45, 7) is 3.26. The maximum atomic E-state index is 13.0. The molecular formula is C34H30O11. The highest BCUT2D eigenvalue weighted by molar-refractivity contribution is 6.05. The Morgan fingerprint density at radius 2 is 1.47 bits per heavy atom. The molecule has 2 aliphatic heterocycles. The molecule has 0 saturated carbocycles. The number of carbonyl (C=O) groups is 2. The topological polar surface area (TPSA) is 161 Å². The quantitative estimate of drug-likeness (QED) is 0.220. The molecule has 2 aliphatic rings. The molecular weight excluding hydrogens is 584 g/mol. The minimum Gasteiger partial charge on any atom is -0.507 e. The van der Waals surface area contributed by atoms with E-state index in [1.807, 2.05) is 0 Å². The largest absolute Gasteiger partial charge is 0.507 e. The van der Waals surface area contributed by atoms with Crippen LogP contribution in [0.15, 0.2) is 66.7 Å². The van der Waals surface area contributed by atoms with Gasteiger partial charge in [0.2, 0.25) is 5.78 Å². The number of aryl methyl sites for hydroxylation is 2. The molecule has 0 amide bonds. The minimum atomic E-state index is -1.60. The SMILES string of the molecule is COc1cc(C2Oc3cc([C@@H]4Oc5cc(C)cc(O)c5C(=O)C4O)ccc3O[C@H]2COC(=O)c2ccc(C)cc2O)ccc1O. The Kier molecular flexibility index (Phi) is 7.63. The first-order chi connectivity index (χ1) is 21.5. The summed E-state index contributed by atoms with van der Waals surface area (Å²) in [5.74, 6) is -1.12. The molecule has 0 fully saturated rings. The van der Waals surface area contributed by atoms with E-state index in [-0.39, 0.29) is 52.2 Å². The van der Waals surface area contributed by atoms with E-state index in [0.29, 0.717) is 22.4 Å². The lowest BCUT2D eigenvalue weighted by Gasteiger charge is -2.35. The monoisotopic (exact) mass is 614 g/mol. The first-order valence-electron chi connectivity index (χ1n) is 14.1. The third kappa shape index (κ3) is 5.53. The van der Waals surface area contributed by atoms with Gasteiger partial charge >= 0.3 is 5.97 Å². The number of Topliss-reactive ketones (excluding diaryl/α,β-unsaturated/α-hetero) is 1. The van der Waals surface area contributed by atoms with Gasteiger partial charge in [0.05, 0.1) is 7.11 Å². The van der Waals surface area contributed by atoms with E-state index in [1.165, 1.54) is 31.4 Å². The summed E-state index contributed by atoms with van der Waals surface area (Å²) in [7, 11) is 1.40. The molecule has 4 N–H and O–H groups in total. The maximum Gasteiger partial charge on any atom is 0.342 e. The van der Waals surface area contributed by atoms with E-state index in [2.05, 4.69) is 0 Å². The summed E-state index contributed by atoms with van der Waals surface area (Å²) in [6, 6.07) is 17.0. The summed E-state index contributed by atoms with van der Waals surface area (Å²) >= 11 is 0. The van der Waals surface area contributed by atoms with Gasteiger partial charge in [-0.25, -0.2) is 4.79 Å². The van der Waals surface area contributed by atoms with E-state index in [9.17, 15) is 30.0 Å². The smallest absolute Gasteiger partial charge is 0.342 e. The summed E-state index contributed by atoms with van der Waals surface area (Å²) in [4.78, 5) is 25.9. The number of methoxy groups -OCH3 is 1. The number of phenols is 3. The van der Waals surface area contributed by atoms with Crippen molar-refractivity contribution < 1.29 is 53.7 Å². The number of esters is 1. The maximum absolute atomic E-state index is 13.0. The molecule has 45 heavy (non-hydrogen) atoms. The number of benzene rings is 4. The molecule has 0 saturated heterocycles. The van der Waals surface area contributed by atoms with Crippen LogP contribution in [0.4, 0.5) is 0 Å². The molecule has 6 rings (SSSR count). The molecule has 4 atom stereocenters. The lowest BCUT2D eigenvalue weighted by atomic mass is 9.92. The summed E-state index contributed by atoms with van der Waals surface area (Å²) in [5, 5.41) is 41.6. The number of rotatable bonds is 6. The predicted molar refractivity (Wildman–Crippen MR) is 159 cm³/mol. The van der Waals surface area contributed by atoms with Crippen molar-refractivity contribution in [3.63, 3.8) is 0 Å². The van der Waals surface area contributed by atoms with Crippen molar-refractivity contribution in [1.29, 1.82) is 0 Å². The number of ketones is 1. The van der Waals surface area contributed by atoms with Gasteiger partial charge in [-0.3, -0.25) is 4.79 Å². The van der Waals surface area contributed by atoms with Crippen molar-refractivity contribution in [2.45, 2.75) is 38.3 Å². The van der Waals surface area contributed by atoms with Crippen LogP contribution in [0.5, 0.6) is 40.2 Å². The molecule has 11 heteroatoms. The average Bonchev–Trinajstić information content (AvgIpc) is 3.00. The fraction of sp³-hybridized carbons (Fsp3) is 0.235. The van der Waals surface area contributed by atoms with Gasteiger partial charge < -0.3 is 44.1 Å². The highest BCUT2D eigenvalue weighted by Gasteiger charge is 2.41. The van der Waals surface area contributed by atoms with Gasteiger partial charge in [-0.2, -0.15) is 0 Å². The van der Waals surface area contributed by atoms with Gasteiger partial charge in [-0.15, -0.1) is 0 Å². The van der Waals surface area contributed by atoms with Crippen LogP contribution in [0, 0.1) is 13.8 Å². The van der Waals surface area contributed by atoms with Crippen molar-refractivity contribution in [2.24, 2.45) is 0 Å². The van der Waals surface area contributed by atoms with Gasteiger partial charge in [-0.05, 0) is 79.1 Å². The molecule has 0 radical (unpaired) electrons. The number of aliphatic hydroxyl groups excluding tert-OH is 1. The van der Waals surface area contributed by atoms with Crippen molar-refractivity contribution >= 4 is 11.8 Å². The number of hydrogen-bond donors (Lipinski definition) is 4. The third-order valence-corrected chi connectivity index (χ3v) is 7.73. The van der Waals surface area contributed by atoms with Crippen LogP contribution in [0.3, 0.4) is 0 Å². The van der Waals surface area contributed by atoms with Gasteiger partial charge in [-0.1, -0.05) is 18.2 Å². The van der Waals surface area contributed by atoms with Gasteiger partial charge in [0.1, 0.15) is 35.0 Å². The number of aliphatic hydroxyl groups is 1. The standard InChI is InChI=1S/C34H30O11/c1-16-4-7-20(22(36)10-16)34(40)42-15-28-32(18-5-8-21(35)25(13-18)41-3)44-26-14-19(6-9-24(26)43-28)33-31(39)30(38)29-23(37)11-17(2)12-27(29)45-33/h4-14,28,31-33,35-37,39H,15H2,1-3H3/t28-,31?,32?,33-/m0/s1. The molecule has 0 aromatic heterocycles. The van der Waals surface area contributed by atoms with Crippen molar-refractivity contribution in [1.82, 2.24) is 0 Å². The van der Waals surface area contributed by atoms with Gasteiger partial charge in [0.15, 0.2) is 47.4 Å². The van der Waals surface area contributed by atoms with Crippen LogP contribution < -0.4 is 18.9 Å². The van der Waals surface area contributed by atoms with E-state index < -0.39 is 36.2 Å². The van der Waals surface area contributed by atoms with Crippen LogP contribution in [-0.4, -0.2) is 58.1 Å². The van der Waals surface area contributed by atoms with E-state index in [0.717, 1.165) is 5.56 Å². The fourth-order valence-electron chi connectivity index (χ4n) is 5.47. The number of aromatic hydroxyl groups is 3. The number of hydrogen-bond acceptors (Lipinski definition) is 11. The van der Waals surface area contributed by atoms with Crippen LogP contribution in [0.2, 0.25) is 0 Å². The van der Waals surface area contributed by atoms with Crippen LogP contribution in [0.1, 0.15) is 55.2 Å². The van der Waals surface area contributed by atoms with E-state index >= 15 is 0 Å². The summed E-state index contributed by atoms with van der Waals surface area (Å²) < 4.78 is 29.4.